The lowest BCUT2D eigenvalue weighted by atomic mass is 10.3. The number of hydrogen-bond donors (Lipinski definition) is 1. The maximum Gasteiger partial charge on any atom is 0.364 e. The zero-order chi connectivity index (χ0) is 14.0. The summed E-state index contributed by atoms with van der Waals surface area (Å²) in [4.78, 5) is 34.9. The van der Waals surface area contributed by atoms with Crippen molar-refractivity contribution in [1.82, 2.24) is 14.8 Å². The SMILES string of the molecule is COC(=O)c1n[nH]c(=O)n(-c2ccc(F)cc2)c1=O. The van der Waals surface area contributed by atoms with E-state index < -0.39 is 28.7 Å². The van der Waals surface area contributed by atoms with E-state index in [1.165, 1.54) is 12.1 Å². The molecule has 0 aliphatic rings. The number of nitrogens with zero attached hydrogens (tertiary/aromatic N) is 2. The van der Waals surface area contributed by atoms with Crippen LogP contribution >= 0.6 is 0 Å². The largest absolute Gasteiger partial charge is 0.464 e. The molecule has 0 aliphatic heterocycles. The fraction of sp³-hybridized carbons (Fsp3) is 0.0909. The van der Waals surface area contributed by atoms with Gasteiger partial charge in [-0.05, 0) is 24.3 Å². The molecule has 0 amide bonds. The highest BCUT2D eigenvalue weighted by atomic mass is 19.1. The van der Waals surface area contributed by atoms with Crippen LogP contribution in [0.25, 0.3) is 5.69 Å². The first-order chi connectivity index (χ1) is 9.04. The molecule has 8 heteroatoms. The fourth-order valence-electron chi connectivity index (χ4n) is 1.45. The molecule has 0 aliphatic carbocycles. The summed E-state index contributed by atoms with van der Waals surface area (Å²) in [6.45, 7) is 0. The van der Waals surface area contributed by atoms with Crippen molar-refractivity contribution in [1.29, 1.82) is 0 Å². The van der Waals surface area contributed by atoms with Crippen molar-refractivity contribution in [3.8, 4) is 5.69 Å². The van der Waals surface area contributed by atoms with Crippen LogP contribution in [0.4, 0.5) is 4.39 Å². The number of ether oxygens (including phenoxy) is 1. The maximum atomic E-state index is 12.8. The number of methoxy groups -OCH3 is 1. The Morgan fingerprint density at radius 2 is 1.95 bits per heavy atom. The molecular weight excluding hydrogens is 257 g/mol. The van der Waals surface area contributed by atoms with E-state index in [9.17, 15) is 18.8 Å². The van der Waals surface area contributed by atoms with Crippen LogP contribution in [0.1, 0.15) is 10.5 Å². The molecular formula is C11H8FN3O4. The number of aromatic nitrogens is 3. The Balaban J connectivity index is 2.70. The highest BCUT2D eigenvalue weighted by Gasteiger charge is 2.17. The summed E-state index contributed by atoms with van der Waals surface area (Å²) in [7, 11) is 1.08. The van der Waals surface area contributed by atoms with Crippen LogP contribution in [0.3, 0.4) is 0 Å². The minimum atomic E-state index is -0.975. The minimum Gasteiger partial charge on any atom is -0.464 e. The predicted octanol–water partition coefficient (Wildman–Crippen LogP) is -0.154. The highest BCUT2D eigenvalue weighted by Crippen LogP contribution is 2.04. The van der Waals surface area contributed by atoms with E-state index in [0.717, 1.165) is 19.2 Å². The summed E-state index contributed by atoms with van der Waals surface area (Å²) in [6.07, 6.45) is 0. The van der Waals surface area contributed by atoms with Gasteiger partial charge in [-0.3, -0.25) is 4.79 Å². The van der Waals surface area contributed by atoms with Crippen molar-refractivity contribution in [2.45, 2.75) is 0 Å². The van der Waals surface area contributed by atoms with Gasteiger partial charge in [0.2, 0.25) is 5.69 Å². The average Bonchev–Trinajstić information content (AvgIpc) is 2.40. The second kappa shape index (κ2) is 4.84. The second-order valence-electron chi connectivity index (χ2n) is 3.49. The average molecular weight is 265 g/mol. The number of benzene rings is 1. The number of H-pyrrole nitrogens is 1. The number of nitrogens with one attached hydrogen (secondary N) is 1. The first kappa shape index (κ1) is 12.7. The lowest BCUT2D eigenvalue weighted by Gasteiger charge is -2.05. The first-order valence-electron chi connectivity index (χ1n) is 5.10. The third kappa shape index (κ3) is 2.28. The molecule has 0 fully saturated rings. The maximum absolute atomic E-state index is 12.8. The van der Waals surface area contributed by atoms with Crippen molar-refractivity contribution in [3.63, 3.8) is 0 Å². The van der Waals surface area contributed by atoms with Crippen molar-refractivity contribution < 1.29 is 13.9 Å². The molecule has 1 N–H and O–H groups in total. The van der Waals surface area contributed by atoms with Crippen LogP contribution in [-0.2, 0) is 4.74 Å². The van der Waals surface area contributed by atoms with E-state index in [1.54, 1.807) is 0 Å². The number of carbonyl (C=O) groups excluding carboxylic acids is 1. The van der Waals surface area contributed by atoms with Crippen molar-refractivity contribution in [2.24, 2.45) is 0 Å². The predicted molar refractivity (Wildman–Crippen MR) is 61.8 cm³/mol. The fourth-order valence-corrected chi connectivity index (χ4v) is 1.45. The number of halogens is 1. The van der Waals surface area contributed by atoms with Crippen LogP contribution in [0.15, 0.2) is 33.9 Å². The lowest BCUT2D eigenvalue weighted by molar-refractivity contribution is 0.0589. The zero-order valence-corrected chi connectivity index (χ0v) is 9.71. The van der Waals surface area contributed by atoms with Gasteiger partial charge in [0.25, 0.3) is 5.56 Å². The number of carbonyl (C=O) groups is 1. The molecule has 2 aromatic rings. The van der Waals surface area contributed by atoms with Gasteiger partial charge in [0.05, 0.1) is 12.8 Å². The van der Waals surface area contributed by atoms with E-state index in [2.05, 4.69) is 9.84 Å². The van der Waals surface area contributed by atoms with Crippen molar-refractivity contribution >= 4 is 5.97 Å². The normalized spacial score (nSPS) is 10.2. The summed E-state index contributed by atoms with van der Waals surface area (Å²) in [6, 6.07) is 4.62. The van der Waals surface area contributed by atoms with Crippen LogP contribution < -0.4 is 11.2 Å². The molecule has 1 heterocycles. The molecule has 0 saturated heterocycles. The minimum absolute atomic E-state index is 0.111. The molecule has 1 aromatic carbocycles. The third-order valence-electron chi connectivity index (χ3n) is 2.34. The van der Waals surface area contributed by atoms with Gasteiger partial charge >= 0.3 is 11.7 Å². The van der Waals surface area contributed by atoms with Gasteiger partial charge in [-0.15, -0.1) is 0 Å². The van der Waals surface area contributed by atoms with Gasteiger partial charge in [-0.1, -0.05) is 0 Å². The number of hydrogen-bond acceptors (Lipinski definition) is 5. The Morgan fingerprint density at radius 3 is 2.53 bits per heavy atom. The standard InChI is InChI=1S/C11H8FN3O4/c1-19-10(17)8-9(16)15(11(18)14-13-8)7-4-2-6(12)3-5-7/h2-5H,1H3,(H,14,18). The molecule has 0 atom stereocenters. The van der Waals surface area contributed by atoms with E-state index >= 15 is 0 Å². The Hall–Kier alpha value is -2.77. The number of rotatable bonds is 2. The molecule has 2 rings (SSSR count). The van der Waals surface area contributed by atoms with Crippen molar-refractivity contribution in [2.75, 3.05) is 7.11 Å². The molecule has 0 unspecified atom stereocenters. The Labute approximate surface area is 105 Å². The van der Waals surface area contributed by atoms with Gasteiger partial charge in [-0.2, -0.15) is 5.10 Å². The molecule has 7 nitrogen and oxygen atoms in total. The summed E-state index contributed by atoms with van der Waals surface area (Å²) >= 11 is 0. The Bertz CT molecular complexity index is 733. The molecule has 0 saturated carbocycles. The molecule has 19 heavy (non-hydrogen) atoms. The van der Waals surface area contributed by atoms with Crippen LogP contribution in [0.2, 0.25) is 0 Å². The molecule has 1 aromatic heterocycles. The Kier molecular flexibility index (Phi) is 3.23. The number of esters is 1. The first-order valence-corrected chi connectivity index (χ1v) is 5.10. The lowest BCUT2D eigenvalue weighted by Crippen LogP contribution is -2.38. The number of aromatic amines is 1. The third-order valence-corrected chi connectivity index (χ3v) is 2.34. The van der Waals surface area contributed by atoms with E-state index in [4.69, 9.17) is 0 Å². The van der Waals surface area contributed by atoms with Gasteiger partial charge in [0, 0.05) is 0 Å². The van der Waals surface area contributed by atoms with Gasteiger partial charge in [-0.25, -0.2) is 23.6 Å². The molecule has 98 valence electrons. The van der Waals surface area contributed by atoms with Gasteiger partial charge in [0.1, 0.15) is 5.82 Å². The Morgan fingerprint density at radius 1 is 1.32 bits per heavy atom. The molecule has 0 radical (unpaired) electrons. The van der Waals surface area contributed by atoms with E-state index in [-0.39, 0.29) is 5.69 Å². The van der Waals surface area contributed by atoms with Crippen LogP contribution in [0.5, 0.6) is 0 Å². The topological polar surface area (TPSA) is 94.0 Å². The van der Waals surface area contributed by atoms with Gasteiger partial charge in [0.15, 0.2) is 0 Å². The zero-order valence-electron chi connectivity index (χ0n) is 9.71. The summed E-state index contributed by atoms with van der Waals surface area (Å²) in [5, 5.41) is 5.33. The van der Waals surface area contributed by atoms with E-state index in [1.807, 2.05) is 5.10 Å². The highest BCUT2D eigenvalue weighted by molar-refractivity contribution is 5.86. The van der Waals surface area contributed by atoms with Crippen molar-refractivity contribution in [3.05, 3.63) is 56.6 Å². The summed E-state index contributed by atoms with van der Waals surface area (Å²) < 4.78 is 17.8. The second-order valence-corrected chi connectivity index (χ2v) is 3.49. The molecule has 0 bridgehead atoms. The van der Waals surface area contributed by atoms with Gasteiger partial charge < -0.3 is 4.74 Å². The van der Waals surface area contributed by atoms with Crippen LogP contribution in [-0.4, -0.2) is 27.8 Å². The quantitative estimate of drug-likeness (QED) is 0.762. The summed E-state index contributed by atoms with van der Waals surface area (Å²) in [5.41, 5.74) is -2.24. The monoisotopic (exact) mass is 265 g/mol. The summed E-state index contributed by atoms with van der Waals surface area (Å²) in [5.74, 6) is -1.49. The van der Waals surface area contributed by atoms with Crippen LogP contribution in [0, 0.1) is 5.82 Å². The molecule has 0 spiro atoms. The van der Waals surface area contributed by atoms with E-state index in [0.29, 0.717) is 4.57 Å². The smallest absolute Gasteiger partial charge is 0.364 e.